The number of fused-ring (bicyclic) bond motifs is 1. The summed E-state index contributed by atoms with van der Waals surface area (Å²) in [5, 5.41) is 11.3. The van der Waals surface area contributed by atoms with Gasteiger partial charge in [-0.05, 0) is 43.4 Å². The first-order valence-corrected chi connectivity index (χ1v) is 9.71. The number of benzene rings is 2. The zero-order chi connectivity index (χ0) is 22.1. The van der Waals surface area contributed by atoms with Gasteiger partial charge in [0.05, 0.1) is 17.1 Å². The molecule has 1 atom stereocenters. The van der Waals surface area contributed by atoms with E-state index in [1.807, 2.05) is 73.8 Å². The molecule has 2 amide bonds. The number of para-hydroxylation sites is 1. The summed E-state index contributed by atoms with van der Waals surface area (Å²) in [5.74, 6) is -0.175. The maximum atomic E-state index is 12.1. The van der Waals surface area contributed by atoms with Crippen molar-refractivity contribution in [2.24, 2.45) is 4.99 Å². The molecule has 4 N–H and O–H groups in total. The molecular weight excluding hydrogens is 392 g/mol. The van der Waals surface area contributed by atoms with Crippen molar-refractivity contribution in [3.63, 3.8) is 0 Å². The van der Waals surface area contributed by atoms with E-state index in [2.05, 4.69) is 31.2 Å². The Morgan fingerprint density at radius 1 is 0.968 bits per heavy atom. The van der Waals surface area contributed by atoms with Crippen molar-refractivity contribution in [1.82, 2.24) is 10.3 Å². The molecule has 3 aromatic rings. The SMILES string of the molecule is CNC1N=C(c2ccccn2)c2ccccc2NC1=O.CNc1cccc(NC=O)c1. The van der Waals surface area contributed by atoms with E-state index in [0.717, 1.165) is 28.3 Å². The standard InChI is InChI=1S/C15H14N4O.C8H10N2O/c1-16-14-15(20)18-11-7-3-2-6-10(11)13(19-14)12-8-4-5-9-17-12;1-9-7-3-2-4-8(5-7)10-6-11/h2-9,14,16H,1H3,(H,18,20);2-6,9H,1H3,(H,10,11). The van der Waals surface area contributed by atoms with Crippen molar-refractivity contribution in [3.8, 4) is 0 Å². The number of pyridine rings is 1. The second-order valence-electron chi connectivity index (χ2n) is 6.51. The van der Waals surface area contributed by atoms with E-state index in [0.29, 0.717) is 12.1 Å². The molecule has 8 heteroatoms. The average Bonchev–Trinajstić information content (AvgIpc) is 2.96. The van der Waals surface area contributed by atoms with Gasteiger partial charge in [0, 0.05) is 30.2 Å². The molecule has 0 fully saturated rings. The minimum Gasteiger partial charge on any atom is -0.388 e. The largest absolute Gasteiger partial charge is 0.388 e. The van der Waals surface area contributed by atoms with Gasteiger partial charge in [-0.2, -0.15) is 0 Å². The number of hydrogen-bond donors (Lipinski definition) is 4. The van der Waals surface area contributed by atoms with E-state index in [4.69, 9.17) is 0 Å². The van der Waals surface area contributed by atoms with Crippen LogP contribution in [0.2, 0.25) is 0 Å². The Kier molecular flexibility index (Phi) is 7.45. The molecule has 158 valence electrons. The summed E-state index contributed by atoms with van der Waals surface area (Å²) in [6.45, 7) is 0. The minimum atomic E-state index is -0.626. The highest BCUT2D eigenvalue weighted by atomic mass is 16.2. The molecule has 0 saturated carbocycles. The number of amides is 2. The number of aliphatic imine (C=N–C) groups is 1. The van der Waals surface area contributed by atoms with Crippen LogP contribution in [0.15, 0.2) is 77.9 Å². The topological polar surface area (TPSA) is 108 Å². The van der Waals surface area contributed by atoms with Crippen molar-refractivity contribution in [1.29, 1.82) is 0 Å². The van der Waals surface area contributed by atoms with Crippen LogP contribution in [0, 0.1) is 0 Å². The molecule has 31 heavy (non-hydrogen) atoms. The lowest BCUT2D eigenvalue weighted by Gasteiger charge is -2.08. The molecule has 8 nitrogen and oxygen atoms in total. The molecule has 1 unspecified atom stereocenters. The summed E-state index contributed by atoms with van der Waals surface area (Å²) < 4.78 is 0. The number of benzodiazepines with no additional fused rings is 1. The summed E-state index contributed by atoms with van der Waals surface area (Å²) in [4.78, 5) is 31.0. The molecule has 0 saturated heterocycles. The first-order valence-electron chi connectivity index (χ1n) is 9.71. The van der Waals surface area contributed by atoms with Gasteiger partial charge in [-0.25, -0.2) is 0 Å². The Labute approximate surface area is 180 Å². The predicted molar refractivity (Wildman–Crippen MR) is 123 cm³/mol. The number of rotatable bonds is 5. The van der Waals surface area contributed by atoms with E-state index >= 15 is 0 Å². The summed E-state index contributed by atoms with van der Waals surface area (Å²) >= 11 is 0. The lowest BCUT2D eigenvalue weighted by Crippen LogP contribution is -2.36. The summed E-state index contributed by atoms with van der Waals surface area (Å²) in [6.07, 6.45) is 1.75. The number of hydrogen-bond acceptors (Lipinski definition) is 6. The van der Waals surface area contributed by atoms with E-state index in [1.54, 1.807) is 13.2 Å². The normalized spacial score (nSPS) is 14.6. The van der Waals surface area contributed by atoms with Crippen LogP contribution in [0.3, 0.4) is 0 Å². The number of carbonyl (C=O) groups excluding carboxylic acids is 2. The lowest BCUT2D eigenvalue weighted by molar-refractivity contribution is -0.117. The number of nitrogens with one attached hydrogen (secondary N) is 4. The molecule has 2 aromatic carbocycles. The second-order valence-corrected chi connectivity index (χ2v) is 6.51. The first kappa shape index (κ1) is 21.7. The summed E-state index contributed by atoms with van der Waals surface area (Å²) in [7, 11) is 3.54. The van der Waals surface area contributed by atoms with Crippen LogP contribution in [0.4, 0.5) is 17.1 Å². The van der Waals surface area contributed by atoms with Crippen LogP contribution in [-0.2, 0) is 9.59 Å². The van der Waals surface area contributed by atoms with Crippen LogP contribution < -0.4 is 21.3 Å². The average molecular weight is 416 g/mol. The fraction of sp³-hybridized carbons (Fsp3) is 0.130. The smallest absolute Gasteiger partial charge is 0.263 e. The minimum absolute atomic E-state index is 0.175. The summed E-state index contributed by atoms with van der Waals surface area (Å²) in [6, 6.07) is 20.7. The van der Waals surface area contributed by atoms with Crippen LogP contribution in [0.1, 0.15) is 11.3 Å². The van der Waals surface area contributed by atoms with Gasteiger partial charge in [-0.15, -0.1) is 0 Å². The van der Waals surface area contributed by atoms with Crippen LogP contribution in [0.5, 0.6) is 0 Å². The number of likely N-dealkylation sites (N-methyl/N-ethyl adjacent to an activating group) is 1. The summed E-state index contributed by atoms with van der Waals surface area (Å²) in [5.41, 5.74) is 4.86. The molecule has 4 rings (SSSR count). The Hall–Kier alpha value is -4.04. The van der Waals surface area contributed by atoms with Crippen LogP contribution in [0.25, 0.3) is 0 Å². The molecule has 0 bridgehead atoms. The van der Waals surface area contributed by atoms with Crippen LogP contribution >= 0.6 is 0 Å². The van der Waals surface area contributed by atoms with Crippen molar-refractivity contribution >= 4 is 35.1 Å². The van der Waals surface area contributed by atoms with Gasteiger partial charge < -0.3 is 16.0 Å². The van der Waals surface area contributed by atoms with Gasteiger partial charge in [0.25, 0.3) is 5.91 Å². The van der Waals surface area contributed by atoms with Crippen LogP contribution in [-0.4, -0.2) is 43.3 Å². The molecule has 1 aliphatic rings. The fourth-order valence-electron chi connectivity index (χ4n) is 2.99. The first-order chi connectivity index (χ1) is 15.2. The quantitative estimate of drug-likeness (QED) is 0.479. The van der Waals surface area contributed by atoms with Gasteiger partial charge in [0.15, 0.2) is 6.17 Å². The van der Waals surface area contributed by atoms with Gasteiger partial charge >= 0.3 is 0 Å². The number of aromatic nitrogens is 1. The third kappa shape index (κ3) is 5.52. The van der Waals surface area contributed by atoms with Crippen molar-refractivity contribution in [3.05, 3.63) is 84.2 Å². The van der Waals surface area contributed by atoms with Gasteiger partial charge in [-0.3, -0.25) is 24.9 Å². The van der Waals surface area contributed by atoms with E-state index < -0.39 is 6.17 Å². The maximum Gasteiger partial charge on any atom is 0.263 e. The molecule has 2 heterocycles. The molecule has 0 radical (unpaired) electrons. The van der Waals surface area contributed by atoms with Crippen molar-refractivity contribution < 1.29 is 9.59 Å². The monoisotopic (exact) mass is 416 g/mol. The van der Waals surface area contributed by atoms with E-state index in [-0.39, 0.29) is 5.91 Å². The zero-order valence-electron chi connectivity index (χ0n) is 17.3. The predicted octanol–water partition coefficient (Wildman–Crippen LogP) is 2.71. The fourth-order valence-corrected chi connectivity index (χ4v) is 2.99. The molecule has 1 aliphatic heterocycles. The Bertz CT molecular complexity index is 1070. The molecule has 1 aromatic heterocycles. The number of carbonyl (C=O) groups is 2. The Morgan fingerprint density at radius 2 is 1.74 bits per heavy atom. The molecular formula is C23H24N6O2. The highest BCUT2D eigenvalue weighted by molar-refractivity contribution is 6.18. The zero-order valence-corrected chi connectivity index (χ0v) is 17.3. The molecule has 0 aliphatic carbocycles. The van der Waals surface area contributed by atoms with Gasteiger partial charge in [0.2, 0.25) is 6.41 Å². The highest BCUT2D eigenvalue weighted by Crippen LogP contribution is 2.22. The third-order valence-corrected chi connectivity index (χ3v) is 4.50. The Balaban J connectivity index is 0.000000210. The maximum absolute atomic E-state index is 12.1. The van der Waals surface area contributed by atoms with Crippen molar-refractivity contribution in [2.75, 3.05) is 30.0 Å². The Morgan fingerprint density at radius 3 is 2.45 bits per heavy atom. The number of nitrogens with zero attached hydrogens (tertiary/aromatic N) is 2. The lowest BCUT2D eigenvalue weighted by atomic mass is 10.0. The van der Waals surface area contributed by atoms with Crippen molar-refractivity contribution in [2.45, 2.75) is 6.17 Å². The third-order valence-electron chi connectivity index (χ3n) is 4.50. The van der Waals surface area contributed by atoms with Gasteiger partial charge in [0.1, 0.15) is 0 Å². The number of anilines is 3. The van der Waals surface area contributed by atoms with E-state index in [9.17, 15) is 9.59 Å². The molecule has 0 spiro atoms. The second kappa shape index (κ2) is 10.7. The van der Waals surface area contributed by atoms with E-state index in [1.165, 1.54) is 0 Å². The highest BCUT2D eigenvalue weighted by Gasteiger charge is 2.24. The van der Waals surface area contributed by atoms with Gasteiger partial charge in [-0.1, -0.05) is 30.3 Å².